The van der Waals surface area contributed by atoms with Gasteiger partial charge in [0, 0.05) is 12.8 Å². The second kappa shape index (κ2) is 4.23. The zero-order valence-corrected chi connectivity index (χ0v) is 6.02. The smallest absolute Gasteiger partial charge is 0.303 e. The van der Waals surface area contributed by atoms with E-state index in [1.165, 1.54) is 0 Å². The number of carboxylic acids is 1. The molecule has 0 amide bonds. The van der Waals surface area contributed by atoms with E-state index < -0.39 is 31.2 Å². The zero-order chi connectivity index (χ0) is 8.91. The van der Waals surface area contributed by atoms with E-state index in [1.54, 1.807) is 0 Å². The zero-order valence-electron chi connectivity index (χ0n) is 6.02. The van der Waals surface area contributed by atoms with Gasteiger partial charge in [0.15, 0.2) is 0 Å². The molecule has 66 valence electrons. The predicted octanol–water partition coefficient (Wildman–Crippen LogP) is 0.835. The van der Waals surface area contributed by atoms with E-state index in [0.29, 0.717) is 0 Å². The number of carboxylic acid groups (broad SMARTS) is 1. The van der Waals surface area contributed by atoms with Crippen LogP contribution in [0.2, 0.25) is 0 Å². The van der Waals surface area contributed by atoms with Gasteiger partial charge in [0.1, 0.15) is 0 Å². The highest BCUT2D eigenvalue weighted by Gasteiger charge is 2.27. The number of rotatable bonds is 5. The van der Waals surface area contributed by atoms with Gasteiger partial charge in [0.25, 0.3) is 0 Å². The Kier molecular flexibility index (Phi) is 3.95. The van der Waals surface area contributed by atoms with E-state index in [4.69, 9.17) is 10.8 Å². The molecule has 0 heterocycles. The number of aliphatic carboxylic acids is 1. The minimum absolute atomic E-state index is 0.118. The van der Waals surface area contributed by atoms with E-state index >= 15 is 0 Å². The summed E-state index contributed by atoms with van der Waals surface area (Å²) in [6.45, 7) is -0.118. The first-order chi connectivity index (χ1) is 4.98. The maximum absolute atomic E-state index is 12.4. The van der Waals surface area contributed by atoms with Gasteiger partial charge in [0.05, 0.1) is 6.42 Å². The first-order valence-electron chi connectivity index (χ1n) is 3.27. The number of nitrogens with two attached hydrogens (primary N) is 1. The fourth-order valence-corrected chi connectivity index (χ4v) is 0.626. The second-order valence-electron chi connectivity index (χ2n) is 2.29. The Morgan fingerprint density at radius 1 is 1.45 bits per heavy atom. The molecule has 5 heteroatoms. The van der Waals surface area contributed by atoms with E-state index in [-0.39, 0.29) is 6.54 Å². The third kappa shape index (κ3) is 5.72. The van der Waals surface area contributed by atoms with Gasteiger partial charge in [-0.25, -0.2) is 8.78 Å². The molecule has 0 saturated carbocycles. The van der Waals surface area contributed by atoms with Gasteiger partial charge >= 0.3 is 5.97 Å². The molecule has 0 rings (SSSR count). The van der Waals surface area contributed by atoms with Crippen LogP contribution in [0.3, 0.4) is 0 Å². The van der Waals surface area contributed by atoms with Crippen LogP contribution in [0, 0.1) is 0 Å². The molecule has 11 heavy (non-hydrogen) atoms. The summed E-state index contributed by atoms with van der Waals surface area (Å²) in [5, 5.41) is 8.08. The number of hydrogen-bond donors (Lipinski definition) is 2. The van der Waals surface area contributed by atoms with Crippen molar-refractivity contribution >= 4 is 5.97 Å². The van der Waals surface area contributed by atoms with Gasteiger partial charge in [0.2, 0.25) is 5.92 Å². The predicted molar refractivity (Wildman–Crippen MR) is 35.5 cm³/mol. The molecule has 0 fully saturated rings. The molecule has 0 aromatic rings. The topological polar surface area (TPSA) is 63.3 Å². The lowest BCUT2D eigenvalue weighted by atomic mass is 10.1. The molecular weight excluding hydrogens is 156 g/mol. The fraction of sp³-hybridized carbons (Fsp3) is 0.833. The molecule has 0 aromatic heterocycles. The van der Waals surface area contributed by atoms with Gasteiger partial charge in [-0.2, -0.15) is 0 Å². The van der Waals surface area contributed by atoms with E-state index in [9.17, 15) is 13.6 Å². The Labute approximate surface area is 63.2 Å². The first-order valence-corrected chi connectivity index (χ1v) is 3.27. The van der Waals surface area contributed by atoms with E-state index in [1.807, 2.05) is 0 Å². The van der Waals surface area contributed by atoms with Crippen molar-refractivity contribution in [3.63, 3.8) is 0 Å². The highest BCUT2D eigenvalue weighted by Crippen LogP contribution is 2.23. The average molecular weight is 167 g/mol. The van der Waals surface area contributed by atoms with Crippen LogP contribution in [-0.4, -0.2) is 23.5 Å². The molecule has 0 saturated heterocycles. The summed E-state index contributed by atoms with van der Waals surface area (Å²) in [6, 6.07) is 0. The summed E-state index contributed by atoms with van der Waals surface area (Å²) < 4.78 is 24.9. The Morgan fingerprint density at radius 3 is 2.36 bits per heavy atom. The summed E-state index contributed by atoms with van der Waals surface area (Å²) in [4.78, 5) is 9.89. The molecular formula is C6H11F2NO2. The highest BCUT2D eigenvalue weighted by molar-refractivity contribution is 5.66. The van der Waals surface area contributed by atoms with E-state index in [0.717, 1.165) is 0 Å². The van der Waals surface area contributed by atoms with Crippen molar-refractivity contribution in [2.45, 2.75) is 25.2 Å². The second-order valence-corrected chi connectivity index (χ2v) is 2.29. The van der Waals surface area contributed by atoms with Gasteiger partial charge in [-0.05, 0) is 6.54 Å². The third-order valence-corrected chi connectivity index (χ3v) is 1.21. The molecule has 0 radical (unpaired) electrons. The monoisotopic (exact) mass is 167 g/mol. The Hall–Kier alpha value is -0.710. The summed E-state index contributed by atoms with van der Waals surface area (Å²) in [5.41, 5.74) is 4.89. The van der Waals surface area contributed by atoms with Crippen molar-refractivity contribution in [1.29, 1.82) is 0 Å². The minimum atomic E-state index is -2.92. The lowest BCUT2D eigenvalue weighted by Gasteiger charge is -2.12. The van der Waals surface area contributed by atoms with Crippen molar-refractivity contribution in [3.05, 3.63) is 0 Å². The lowest BCUT2D eigenvalue weighted by molar-refractivity contribution is -0.139. The Bertz CT molecular complexity index is 139. The molecule has 0 aliphatic heterocycles. The Morgan fingerprint density at radius 2 is 2.00 bits per heavy atom. The first kappa shape index (κ1) is 10.3. The summed E-state index contributed by atoms with van der Waals surface area (Å²) in [5.74, 6) is -4.13. The number of carbonyl (C=O) groups is 1. The maximum Gasteiger partial charge on any atom is 0.303 e. The van der Waals surface area contributed by atoms with Crippen molar-refractivity contribution in [1.82, 2.24) is 0 Å². The Balaban J connectivity index is 3.63. The van der Waals surface area contributed by atoms with Gasteiger partial charge in [-0.1, -0.05) is 0 Å². The van der Waals surface area contributed by atoms with Crippen LogP contribution >= 0.6 is 0 Å². The SMILES string of the molecule is NCCC(F)(F)CCC(=O)O. The van der Waals surface area contributed by atoms with Crippen LogP contribution in [0.15, 0.2) is 0 Å². The molecule has 0 aromatic carbocycles. The van der Waals surface area contributed by atoms with Crippen LogP contribution in [0.5, 0.6) is 0 Å². The van der Waals surface area contributed by atoms with Crippen molar-refractivity contribution < 1.29 is 18.7 Å². The standard InChI is InChI=1S/C6H11F2NO2/c7-6(8,3-4-9)2-1-5(10)11/h1-4,9H2,(H,10,11). The molecule has 3 nitrogen and oxygen atoms in total. The lowest BCUT2D eigenvalue weighted by Crippen LogP contribution is -2.21. The molecule has 3 N–H and O–H groups in total. The summed E-state index contributed by atoms with van der Waals surface area (Å²) in [7, 11) is 0. The van der Waals surface area contributed by atoms with Crippen LogP contribution in [0.1, 0.15) is 19.3 Å². The maximum atomic E-state index is 12.4. The summed E-state index contributed by atoms with van der Waals surface area (Å²) in [6.07, 6.45) is -1.58. The molecule has 0 spiro atoms. The molecule has 0 unspecified atom stereocenters. The van der Waals surface area contributed by atoms with Gasteiger partial charge < -0.3 is 10.8 Å². The fourth-order valence-electron chi connectivity index (χ4n) is 0.626. The van der Waals surface area contributed by atoms with Crippen molar-refractivity contribution in [2.24, 2.45) is 5.73 Å². The van der Waals surface area contributed by atoms with Crippen LogP contribution in [0.25, 0.3) is 0 Å². The number of halogens is 2. The molecule has 0 bridgehead atoms. The average Bonchev–Trinajstić information content (AvgIpc) is 1.84. The van der Waals surface area contributed by atoms with Crippen LogP contribution in [0.4, 0.5) is 8.78 Å². The quantitative estimate of drug-likeness (QED) is 0.637. The van der Waals surface area contributed by atoms with Gasteiger partial charge in [-0.3, -0.25) is 4.79 Å². The minimum Gasteiger partial charge on any atom is -0.481 e. The van der Waals surface area contributed by atoms with Crippen LogP contribution < -0.4 is 5.73 Å². The van der Waals surface area contributed by atoms with Crippen molar-refractivity contribution in [3.8, 4) is 0 Å². The molecule has 0 aliphatic carbocycles. The van der Waals surface area contributed by atoms with Crippen molar-refractivity contribution in [2.75, 3.05) is 6.54 Å². The third-order valence-electron chi connectivity index (χ3n) is 1.21. The normalized spacial score (nSPS) is 11.5. The molecule has 0 aliphatic rings. The van der Waals surface area contributed by atoms with E-state index in [2.05, 4.69) is 0 Å². The van der Waals surface area contributed by atoms with Crippen LogP contribution in [-0.2, 0) is 4.79 Å². The number of hydrogen-bond acceptors (Lipinski definition) is 2. The highest BCUT2D eigenvalue weighted by atomic mass is 19.3. The largest absolute Gasteiger partial charge is 0.481 e. The number of alkyl halides is 2. The molecule has 0 atom stereocenters. The summed E-state index contributed by atoms with van der Waals surface area (Å²) >= 11 is 0. The van der Waals surface area contributed by atoms with Gasteiger partial charge in [-0.15, -0.1) is 0 Å².